The van der Waals surface area contributed by atoms with Crippen LogP contribution in [0.4, 0.5) is 11.6 Å². The lowest BCUT2D eigenvalue weighted by molar-refractivity contribution is -0.277. The summed E-state index contributed by atoms with van der Waals surface area (Å²) < 4.78 is 11.0. The molecule has 0 unspecified atom stereocenters. The molecule has 0 aliphatic carbocycles. The molecular weight excluding hydrogens is 354 g/mol. The van der Waals surface area contributed by atoms with Gasteiger partial charge in [-0.05, 0) is 26.0 Å². The van der Waals surface area contributed by atoms with E-state index in [1.54, 1.807) is 13.8 Å². The van der Waals surface area contributed by atoms with Crippen molar-refractivity contribution in [3.05, 3.63) is 41.7 Å². The molecule has 5 atom stereocenters. The summed E-state index contributed by atoms with van der Waals surface area (Å²) in [5.41, 5.74) is 1.83. The third-order valence-electron chi connectivity index (χ3n) is 4.32. The van der Waals surface area contributed by atoms with Crippen molar-refractivity contribution in [1.29, 1.82) is 0 Å². The zero-order valence-corrected chi connectivity index (χ0v) is 15.0. The first-order chi connectivity index (χ1) is 12.9. The third-order valence-corrected chi connectivity index (χ3v) is 4.32. The quantitative estimate of drug-likeness (QED) is 0.488. The fraction of sp³-hybridized carbons (Fsp3) is 0.444. The molecule has 3 rings (SSSR count). The summed E-state index contributed by atoms with van der Waals surface area (Å²) in [7, 11) is 0. The Morgan fingerprint density at radius 2 is 1.63 bits per heavy atom. The topological polar surface area (TPSA) is 137 Å². The summed E-state index contributed by atoms with van der Waals surface area (Å²) in [6, 6.07) is 9.44. The number of hydrogen-bond donors (Lipinski definition) is 5. The molecule has 9 heteroatoms. The second-order valence-electron chi connectivity index (χ2n) is 6.35. The van der Waals surface area contributed by atoms with Gasteiger partial charge in [0.25, 0.3) is 0 Å². The van der Waals surface area contributed by atoms with E-state index in [1.165, 1.54) is 0 Å². The highest BCUT2D eigenvalue weighted by atomic mass is 16.7. The van der Waals surface area contributed by atoms with Gasteiger partial charge < -0.3 is 35.2 Å². The molecule has 0 saturated carbocycles. The third kappa shape index (κ3) is 4.18. The van der Waals surface area contributed by atoms with Crippen molar-refractivity contribution in [2.75, 3.05) is 11.9 Å². The van der Waals surface area contributed by atoms with Gasteiger partial charge in [-0.15, -0.1) is 0 Å². The monoisotopic (exact) mass is 377 g/mol. The van der Waals surface area contributed by atoms with Crippen LogP contribution in [-0.4, -0.2) is 67.7 Å². The van der Waals surface area contributed by atoms with Gasteiger partial charge in [-0.1, -0.05) is 18.2 Å². The standard InChI is InChI=1S/C18H23N3O6/c1-9-16(27-17-15(25)14(24)13(23)12(8-22)26-17)10(2)20-18(19-9)21-11-6-4-3-5-7-11/h3-7,12-15,17,22-25H,8H2,1-2H3,(H,19,20,21)/t12-,13-,14+,15-,17+/m1/s1. The van der Waals surface area contributed by atoms with Gasteiger partial charge in [0.05, 0.1) is 18.0 Å². The van der Waals surface area contributed by atoms with Crippen LogP contribution in [0.1, 0.15) is 11.4 Å². The highest BCUT2D eigenvalue weighted by Crippen LogP contribution is 2.28. The molecular formula is C18H23N3O6. The van der Waals surface area contributed by atoms with E-state index in [4.69, 9.17) is 9.47 Å². The van der Waals surface area contributed by atoms with E-state index in [0.717, 1.165) is 5.69 Å². The molecule has 0 bridgehead atoms. The largest absolute Gasteiger partial charge is 0.458 e. The Bertz CT molecular complexity index is 750. The van der Waals surface area contributed by atoms with Crippen LogP contribution in [0.15, 0.2) is 30.3 Å². The molecule has 0 amide bonds. The Labute approximate surface area is 156 Å². The highest BCUT2D eigenvalue weighted by molar-refractivity contribution is 5.54. The number of benzene rings is 1. The van der Waals surface area contributed by atoms with E-state index in [1.807, 2.05) is 30.3 Å². The van der Waals surface area contributed by atoms with Crippen molar-refractivity contribution in [2.24, 2.45) is 0 Å². The summed E-state index contributed by atoms with van der Waals surface area (Å²) in [5, 5.41) is 42.2. The van der Waals surface area contributed by atoms with Gasteiger partial charge in [0, 0.05) is 5.69 Å². The van der Waals surface area contributed by atoms with Crippen molar-refractivity contribution < 1.29 is 29.9 Å². The summed E-state index contributed by atoms with van der Waals surface area (Å²) in [6.07, 6.45) is -6.78. The minimum Gasteiger partial charge on any atom is -0.458 e. The van der Waals surface area contributed by atoms with Crippen molar-refractivity contribution >= 4 is 11.6 Å². The minimum absolute atomic E-state index is 0.290. The molecule has 1 aliphatic rings. The second-order valence-corrected chi connectivity index (χ2v) is 6.35. The minimum atomic E-state index is -1.51. The molecule has 1 saturated heterocycles. The maximum absolute atomic E-state index is 10.1. The lowest BCUT2D eigenvalue weighted by Gasteiger charge is -2.39. The number of rotatable bonds is 5. The Balaban J connectivity index is 1.79. The molecule has 5 N–H and O–H groups in total. The highest BCUT2D eigenvalue weighted by Gasteiger charge is 2.45. The Kier molecular flexibility index (Phi) is 5.88. The van der Waals surface area contributed by atoms with Gasteiger partial charge in [0.1, 0.15) is 24.4 Å². The second kappa shape index (κ2) is 8.15. The maximum atomic E-state index is 10.1. The maximum Gasteiger partial charge on any atom is 0.229 e. The first-order valence-electron chi connectivity index (χ1n) is 8.55. The van der Waals surface area contributed by atoms with E-state index >= 15 is 0 Å². The molecule has 146 valence electrons. The van der Waals surface area contributed by atoms with Gasteiger partial charge in [-0.2, -0.15) is 0 Å². The van der Waals surface area contributed by atoms with E-state index in [0.29, 0.717) is 17.3 Å². The lowest BCUT2D eigenvalue weighted by atomic mass is 9.99. The summed E-state index contributed by atoms with van der Waals surface area (Å²) >= 11 is 0. The van der Waals surface area contributed by atoms with Crippen molar-refractivity contribution in [3.8, 4) is 5.75 Å². The van der Waals surface area contributed by atoms with Crippen LogP contribution >= 0.6 is 0 Å². The van der Waals surface area contributed by atoms with Gasteiger partial charge in [-0.25, -0.2) is 9.97 Å². The van der Waals surface area contributed by atoms with E-state index in [9.17, 15) is 20.4 Å². The number of anilines is 2. The zero-order valence-electron chi connectivity index (χ0n) is 15.0. The zero-order chi connectivity index (χ0) is 19.6. The molecule has 1 aromatic heterocycles. The predicted molar refractivity (Wildman–Crippen MR) is 95.6 cm³/mol. The van der Waals surface area contributed by atoms with Crippen LogP contribution in [0.3, 0.4) is 0 Å². The number of aromatic nitrogens is 2. The first kappa shape index (κ1) is 19.5. The summed E-state index contributed by atoms with van der Waals surface area (Å²) in [5.74, 6) is 0.676. The van der Waals surface area contributed by atoms with Gasteiger partial charge >= 0.3 is 0 Å². The lowest BCUT2D eigenvalue weighted by Crippen LogP contribution is -2.60. The van der Waals surface area contributed by atoms with E-state index in [2.05, 4.69) is 15.3 Å². The SMILES string of the molecule is Cc1nc(Nc2ccccc2)nc(C)c1O[C@@H]1O[C@H](CO)[C@@H](O)[C@H](O)[C@H]1O. The molecule has 1 aromatic carbocycles. The predicted octanol–water partition coefficient (Wildman–Crippen LogP) is 0.0157. The number of aryl methyl sites for hydroxylation is 2. The average Bonchev–Trinajstić information content (AvgIpc) is 2.65. The molecule has 1 fully saturated rings. The van der Waals surface area contributed by atoms with Crippen LogP contribution in [0.5, 0.6) is 5.75 Å². The smallest absolute Gasteiger partial charge is 0.229 e. The molecule has 0 radical (unpaired) electrons. The van der Waals surface area contributed by atoms with Crippen molar-refractivity contribution in [1.82, 2.24) is 9.97 Å². The summed E-state index contributed by atoms with van der Waals surface area (Å²) in [6.45, 7) is 2.90. The normalized spacial score (nSPS) is 28.0. The van der Waals surface area contributed by atoms with E-state index in [-0.39, 0.29) is 5.75 Å². The van der Waals surface area contributed by atoms with Crippen LogP contribution in [0, 0.1) is 13.8 Å². The molecule has 2 aromatic rings. The van der Waals surface area contributed by atoms with Gasteiger partial charge in [0.2, 0.25) is 12.2 Å². The number of nitrogens with one attached hydrogen (secondary N) is 1. The van der Waals surface area contributed by atoms with Crippen LogP contribution in [-0.2, 0) is 4.74 Å². The van der Waals surface area contributed by atoms with E-state index < -0.39 is 37.3 Å². The van der Waals surface area contributed by atoms with Crippen LogP contribution in [0.2, 0.25) is 0 Å². The van der Waals surface area contributed by atoms with Crippen molar-refractivity contribution in [3.63, 3.8) is 0 Å². The van der Waals surface area contributed by atoms with Crippen LogP contribution < -0.4 is 10.1 Å². The molecule has 0 spiro atoms. The first-order valence-corrected chi connectivity index (χ1v) is 8.55. The Morgan fingerprint density at radius 1 is 1.00 bits per heavy atom. The number of aliphatic hydroxyl groups excluding tert-OH is 4. The number of para-hydroxylation sites is 1. The number of ether oxygens (including phenoxy) is 2. The average molecular weight is 377 g/mol. The number of aliphatic hydroxyl groups is 4. The number of nitrogens with zero attached hydrogens (tertiary/aromatic N) is 2. The van der Waals surface area contributed by atoms with Crippen molar-refractivity contribution in [2.45, 2.75) is 44.6 Å². The number of hydrogen-bond acceptors (Lipinski definition) is 9. The molecule has 2 heterocycles. The summed E-state index contributed by atoms with van der Waals surface area (Å²) in [4.78, 5) is 8.69. The molecule has 9 nitrogen and oxygen atoms in total. The molecule has 1 aliphatic heterocycles. The van der Waals surface area contributed by atoms with Crippen LogP contribution in [0.25, 0.3) is 0 Å². The van der Waals surface area contributed by atoms with Gasteiger partial charge in [-0.3, -0.25) is 0 Å². The molecule has 27 heavy (non-hydrogen) atoms. The fourth-order valence-corrected chi connectivity index (χ4v) is 2.86. The Morgan fingerprint density at radius 3 is 2.22 bits per heavy atom. The fourth-order valence-electron chi connectivity index (χ4n) is 2.86. The van der Waals surface area contributed by atoms with Gasteiger partial charge in [0.15, 0.2) is 5.75 Å². The Hall–Kier alpha value is -2.30.